The molecule has 10 aliphatic rings. The van der Waals surface area contributed by atoms with Gasteiger partial charge in [-0.3, -0.25) is 62.0 Å². The minimum absolute atomic E-state index is 0.0318. The first-order valence-corrected chi connectivity index (χ1v) is 50.6. The van der Waals surface area contributed by atoms with Gasteiger partial charge in [-0.15, -0.1) is 0 Å². The van der Waals surface area contributed by atoms with Crippen molar-refractivity contribution in [3.63, 3.8) is 0 Å². The third-order valence-corrected chi connectivity index (χ3v) is 33.1. The van der Waals surface area contributed by atoms with Crippen LogP contribution in [0.3, 0.4) is 0 Å². The van der Waals surface area contributed by atoms with Crippen LogP contribution in [0.2, 0.25) is 20.1 Å². The molecule has 0 radical (unpaired) electrons. The first-order valence-electron chi connectivity index (χ1n) is 49.1. The number of rotatable bonds is 17. The fraction of sp³-hybridized carbons (Fsp3) is 0.534. The van der Waals surface area contributed by atoms with Crippen LogP contribution in [0.25, 0.3) is 22.6 Å². The van der Waals surface area contributed by atoms with Crippen molar-refractivity contribution >= 4 is 92.3 Å². The van der Waals surface area contributed by atoms with Crippen molar-refractivity contribution in [1.82, 2.24) is 96.7 Å². The van der Waals surface area contributed by atoms with Gasteiger partial charge in [0, 0.05) is 113 Å². The molecule has 4 unspecified atom stereocenters. The fourth-order valence-electron chi connectivity index (χ4n) is 24.7. The lowest BCUT2D eigenvalue weighted by molar-refractivity contribution is 0.107. The SMILES string of the molecule is CN(C)C1CCN(c2cccc3nc([C@H]4CCC[C@@H](c5ncccc5Cl)N4C)c(CO)n23)CC1.CN(C)C1CCN(c2cccc3nc([C@H]4CCC[C@@H](c5ncccc5Cl)N4C)c(F)n23)CC1.CN1C2CCC1CN(c1cccc3nc([C@H]4CCC[C@@H](c5ncccc5Cl)N4C)c(CO)n13)C2.CN1CC2CCC(C1)N2c1cccc2nc([C@H]3CCC[C@@H](c4ncccc4Cl)N3C)c(CO)n12. The number of hydrogen-bond acceptors (Lipinski definition) is 23. The summed E-state index contributed by atoms with van der Waals surface area (Å²) in [6.45, 7) is 7.94. The predicted octanol–water partition coefficient (Wildman–Crippen LogP) is 17.4. The Labute approximate surface area is 813 Å². The van der Waals surface area contributed by atoms with Crippen molar-refractivity contribution < 1.29 is 19.7 Å². The minimum Gasteiger partial charge on any atom is -0.390 e. The molecular weight excluding hydrogens is 1780 g/mol. The van der Waals surface area contributed by atoms with Gasteiger partial charge in [-0.05, 0) is 296 Å². The Balaban J connectivity index is 0.000000116. The summed E-state index contributed by atoms with van der Waals surface area (Å²) in [4.78, 5) is 67.2. The van der Waals surface area contributed by atoms with E-state index in [0.29, 0.717) is 67.7 Å². The molecule has 12 atom stereocenters. The molecule has 22 rings (SSSR count). The number of piperidine rings is 6. The summed E-state index contributed by atoms with van der Waals surface area (Å²) in [6, 6.07) is 44.1. The van der Waals surface area contributed by atoms with Crippen LogP contribution in [-0.4, -0.2) is 271 Å². The van der Waals surface area contributed by atoms with E-state index in [1.165, 1.54) is 31.5 Å². The Kier molecular flexibility index (Phi) is 29.1. The van der Waals surface area contributed by atoms with E-state index in [0.717, 1.165) is 246 Å². The number of aliphatic hydroxyl groups excluding tert-OH is 3. The van der Waals surface area contributed by atoms with Gasteiger partial charge in [0.05, 0.1) is 145 Å². The van der Waals surface area contributed by atoms with Crippen molar-refractivity contribution in [1.29, 1.82) is 0 Å². The largest absolute Gasteiger partial charge is 0.390 e. The number of aromatic nitrogens is 12. The molecule has 22 heterocycles. The quantitative estimate of drug-likeness (QED) is 0.0771. The number of fused-ring (bicyclic) bond motifs is 8. The lowest BCUT2D eigenvalue weighted by atomic mass is 9.91. The summed E-state index contributed by atoms with van der Waals surface area (Å²) in [5.74, 6) is 4.08. The van der Waals surface area contributed by atoms with Crippen LogP contribution < -0.4 is 19.6 Å². The van der Waals surface area contributed by atoms with Crippen molar-refractivity contribution in [3.8, 4) is 0 Å². The van der Waals surface area contributed by atoms with Crippen molar-refractivity contribution in [2.24, 2.45) is 0 Å². The number of likely N-dealkylation sites (tertiary alicyclic amines) is 5. The minimum atomic E-state index is -0.250. The van der Waals surface area contributed by atoms with Crippen molar-refractivity contribution in [2.75, 3.05) is 142 Å². The number of pyridine rings is 8. The van der Waals surface area contributed by atoms with E-state index in [1.807, 2.05) is 92.4 Å². The molecule has 0 aromatic carbocycles. The average Bonchev–Trinajstić information content (AvgIpc) is 1.62. The Bertz CT molecular complexity index is 6090. The van der Waals surface area contributed by atoms with Crippen LogP contribution in [0.1, 0.15) is 239 Å². The number of nitrogens with zero attached hydrogens (tertiary/aromatic N) is 24. The van der Waals surface area contributed by atoms with E-state index in [4.69, 9.17) is 66.3 Å². The van der Waals surface area contributed by atoms with Crippen molar-refractivity contribution in [2.45, 2.75) is 233 Å². The smallest absolute Gasteiger partial charge is 0.224 e. The molecule has 12 aromatic rings. The van der Waals surface area contributed by atoms with Gasteiger partial charge in [0.25, 0.3) is 0 Å². The van der Waals surface area contributed by atoms with E-state index >= 15 is 4.39 Å². The second-order valence-corrected chi connectivity index (χ2v) is 41.4. The Morgan fingerprint density at radius 3 is 0.919 bits per heavy atom. The molecule has 718 valence electrons. The highest BCUT2D eigenvalue weighted by Gasteiger charge is 2.45. The molecule has 10 aliphatic heterocycles. The number of piperazine rings is 2. The second-order valence-electron chi connectivity index (χ2n) is 39.7. The lowest BCUT2D eigenvalue weighted by Crippen LogP contribution is -2.53. The Morgan fingerprint density at radius 2 is 0.593 bits per heavy atom. The molecule has 10 saturated heterocycles. The zero-order valence-electron chi connectivity index (χ0n) is 79.8. The summed E-state index contributed by atoms with van der Waals surface area (Å²) in [6.07, 6.45) is 28.7. The summed E-state index contributed by atoms with van der Waals surface area (Å²) < 4.78 is 24.3. The molecule has 12 aromatic heterocycles. The van der Waals surface area contributed by atoms with E-state index in [9.17, 15) is 15.3 Å². The highest BCUT2D eigenvalue weighted by Crippen LogP contribution is 2.50. The van der Waals surface area contributed by atoms with Crippen LogP contribution in [0, 0.1) is 5.95 Å². The fourth-order valence-corrected chi connectivity index (χ4v) is 25.7. The maximum absolute atomic E-state index is 16.0. The first kappa shape index (κ1) is 95.1. The number of anilines is 4. The number of hydrogen-bond donors (Lipinski definition) is 3. The van der Waals surface area contributed by atoms with Crippen LogP contribution >= 0.6 is 46.4 Å². The molecule has 10 fully saturated rings. The molecule has 0 amide bonds. The van der Waals surface area contributed by atoms with Gasteiger partial charge in [-0.1, -0.05) is 70.7 Å². The highest BCUT2D eigenvalue weighted by atomic mass is 35.5. The average molecular weight is 1920 g/mol. The van der Waals surface area contributed by atoms with Crippen molar-refractivity contribution in [3.05, 3.63) is 235 Å². The van der Waals surface area contributed by atoms with Gasteiger partial charge in [0.2, 0.25) is 5.95 Å². The van der Waals surface area contributed by atoms with Gasteiger partial charge in [-0.25, -0.2) is 19.9 Å². The molecule has 3 N–H and O–H groups in total. The molecule has 4 bridgehead atoms. The Morgan fingerprint density at radius 1 is 0.311 bits per heavy atom. The third-order valence-electron chi connectivity index (χ3n) is 31.9. The molecule has 27 nitrogen and oxygen atoms in total. The van der Waals surface area contributed by atoms with E-state index in [1.54, 1.807) is 10.6 Å². The van der Waals surface area contributed by atoms with E-state index < -0.39 is 0 Å². The van der Waals surface area contributed by atoms with Gasteiger partial charge < -0.3 is 49.6 Å². The van der Waals surface area contributed by atoms with E-state index in [2.05, 4.69) is 210 Å². The zero-order chi connectivity index (χ0) is 93.7. The van der Waals surface area contributed by atoms with Crippen LogP contribution in [0.4, 0.5) is 27.7 Å². The maximum Gasteiger partial charge on any atom is 0.224 e. The molecule has 0 spiro atoms. The van der Waals surface area contributed by atoms with Crippen LogP contribution in [0.15, 0.2) is 146 Å². The lowest BCUT2D eigenvalue weighted by Gasteiger charge is -2.41. The standard InChI is InChI=1S/2C26H33ClN6O.C26H35ClN6O.C25H32ClFN6/c1-30-17-11-12-18(30)15-32(14-17)24-10-4-9-23-29-26(22(16-34)33(23)24)21-8-3-7-20(31(21)2)25-19(27)6-5-13-28-25;1-30-14-17-11-12-18(15-30)32(17)24-10-4-9-23-29-26(22(16-34)33(23)24)21-8-3-7-20(31(21)2)25-19(27)6-5-13-28-25;1-30(2)18-12-15-32(16-13-18)24-11-5-10-23-29-26(22(17-34)33(23)24)21-9-4-8-20(31(21)3)25-19(27)7-6-14-28-25;1-30(2)17-12-15-32(16-13-17)22-11-5-10-21-29-24(25(27)33(21)22)20-9-4-8-19(31(20)3)23-18(26)7-6-14-28-23/h2*4-6,9-10,13,17-18,20-21,34H,3,7-8,11-12,14-16H2,1-2H3;5-7,10-11,14,18,20-21,34H,4,8-9,12-13,15-17H2,1-3H3;5-7,10-11,14,17,19-20H,4,8-9,12-13,15-16H2,1-3H3/t2*17?,18?,20-,21+;20-,21+;19-,20+/m0000/s1. The van der Waals surface area contributed by atoms with Crippen LogP contribution in [0.5, 0.6) is 0 Å². The first-order chi connectivity index (χ1) is 65.6. The molecule has 32 heteroatoms. The van der Waals surface area contributed by atoms with Gasteiger partial charge in [0.1, 0.15) is 51.6 Å². The summed E-state index contributed by atoms with van der Waals surface area (Å²) in [5, 5.41) is 34.6. The van der Waals surface area contributed by atoms with Gasteiger partial charge in [-0.2, -0.15) is 4.39 Å². The summed E-state index contributed by atoms with van der Waals surface area (Å²) in [5.41, 5.74) is 13.2. The normalized spacial score (nSPS) is 25.5. The molecule has 135 heavy (non-hydrogen) atoms. The number of likely N-dealkylation sites (N-methyl/N-ethyl adjacent to an activating group) is 2. The Hall–Kier alpha value is -8.79. The van der Waals surface area contributed by atoms with E-state index in [-0.39, 0.29) is 74.1 Å². The third kappa shape index (κ3) is 18.7. The maximum atomic E-state index is 16.0. The molecule has 0 saturated carbocycles. The monoisotopic (exact) mass is 1910 g/mol. The number of aliphatic hydroxyl groups is 3. The zero-order valence-corrected chi connectivity index (χ0v) is 82.8. The second kappa shape index (κ2) is 41.3. The number of halogens is 5. The van der Waals surface area contributed by atoms with Gasteiger partial charge in [0.15, 0.2) is 0 Å². The summed E-state index contributed by atoms with van der Waals surface area (Å²) in [7, 11) is 21.5. The topological polar surface area (TPSA) is 220 Å². The van der Waals surface area contributed by atoms with Gasteiger partial charge >= 0.3 is 0 Å². The molecular formula is C103H133Cl4FN24O3. The summed E-state index contributed by atoms with van der Waals surface area (Å²) >= 11 is 26.0. The molecule has 0 aliphatic carbocycles. The highest BCUT2D eigenvalue weighted by molar-refractivity contribution is 6.32. The van der Waals surface area contributed by atoms with Crippen LogP contribution in [-0.2, 0) is 19.8 Å². The number of imidazole rings is 4. The predicted molar refractivity (Wildman–Crippen MR) is 535 cm³/mol.